The molecule has 5 nitrogen and oxygen atoms in total. The summed E-state index contributed by atoms with van der Waals surface area (Å²) in [5.74, 6) is 1.23. The van der Waals surface area contributed by atoms with Crippen molar-refractivity contribution in [2.24, 2.45) is 5.10 Å². The average Bonchev–Trinajstić information content (AvgIpc) is 2.55. The molecular formula is C16H16BrIN2O3. The first kappa shape index (κ1) is 18.0. The van der Waals surface area contributed by atoms with Crippen molar-refractivity contribution in [2.45, 2.75) is 0 Å². The van der Waals surface area contributed by atoms with Gasteiger partial charge in [-0.2, -0.15) is 5.10 Å². The maximum absolute atomic E-state index is 8.88. The smallest absolute Gasteiger partial charge is 0.174 e. The van der Waals surface area contributed by atoms with E-state index in [1.807, 2.05) is 36.4 Å². The quantitative estimate of drug-likeness (QED) is 0.351. The van der Waals surface area contributed by atoms with Gasteiger partial charge in [0.15, 0.2) is 11.5 Å². The van der Waals surface area contributed by atoms with E-state index in [-0.39, 0.29) is 13.2 Å². The maximum atomic E-state index is 8.88. The predicted octanol–water partition coefficient (Wildman–Crippen LogP) is 3.88. The Kier molecular flexibility index (Phi) is 7.13. The molecule has 0 aliphatic carbocycles. The summed E-state index contributed by atoms with van der Waals surface area (Å²) in [6.07, 6.45) is 1.71. The van der Waals surface area contributed by atoms with Gasteiger partial charge in [-0.25, -0.2) is 0 Å². The lowest BCUT2D eigenvalue weighted by Gasteiger charge is -2.12. The van der Waals surface area contributed by atoms with E-state index in [4.69, 9.17) is 14.6 Å². The lowest BCUT2D eigenvalue weighted by molar-refractivity contribution is 0.195. The number of nitrogens with zero attached hydrogens (tertiary/aromatic N) is 1. The third-order valence-electron chi connectivity index (χ3n) is 2.84. The van der Waals surface area contributed by atoms with Gasteiger partial charge in [0.2, 0.25) is 0 Å². The highest BCUT2D eigenvalue weighted by Gasteiger charge is 2.10. The fourth-order valence-electron chi connectivity index (χ4n) is 1.81. The first-order valence-corrected chi connectivity index (χ1v) is 8.67. The summed E-state index contributed by atoms with van der Waals surface area (Å²) in [7, 11) is 1.58. The number of aliphatic hydroxyl groups excluding tert-OH is 1. The van der Waals surface area contributed by atoms with E-state index in [0.29, 0.717) is 11.5 Å². The summed E-state index contributed by atoms with van der Waals surface area (Å²) in [6, 6.07) is 11.5. The number of rotatable bonds is 7. The van der Waals surface area contributed by atoms with Crippen molar-refractivity contribution in [3.63, 3.8) is 0 Å². The molecule has 2 rings (SSSR count). The minimum absolute atomic E-state index is 0.0421. The fraction of sp³-hybridized carbons (Fsp3) is 0.188. The highest BCUT2D eigenvalue weighted by Crippen LogP contribution is 2.33. The molecule has 0 spiro atoms. The van der Waals surface area contributed by atoms with E-state index in [1.165, 1.54) is 0 Å². The number of hydrazone groups is 1. The van der Waals surface area contributed by atoms with Crippen LogP contribution in [0.25, 0.3) is 0 Å². The van der Waals surface area contributed by atoms with Gasteiger partial charge in [-0.15, -0.1) is 0 Å². The molecule has 0 saturated heterocycles. The topological polar surface area (TPSA) is 63.1 Å². The van der Waals surface area contributed by atoms with Gasteiger partial charge in [0.1, 0.15) is 6.61 Å². The summed E-state index contributed by atoms with van der Waals surface area (Å²) < 4.78 is 12.8. The zero-order chi connectivity index (χ0) is 16.7. The van der Waals surface area contributed by atoms with Crippen molar-refractivity contribution >= 4 is 50.4 Å². The Morgan fingerprint density at radius 2 is 2.04 bits per heavy atom. The molecule has 0 amide bonds. The number of ether oxygens (including phenoxy) is 2. The molecular weight excluding hydrogens is 475 g/mol. The zero-order valence-corrected chi connectivity index (χ0v) is 16.2. The van der Waals surface area contributed by atoms with E-state index in [9.17, 15) is 0 Å². The summed E-state index contributed by atoms with van der Waals surface area (Å²) in [5, 5.41) is 13.1. The van der Waals surface area contributed by atoms with E-state index in [0.717, 1.165) is 19.3 Å². The average molecular weight is 491 g/mol. The van der Waals surface area contributed by atoms with Crippen molar-refractivity contribution in [1.29, 1.82) is 0 Å². The number of hydrogen-bond donors (Lipinski definition) is 2. The van der Waals surface area contributed by atoms with Crippen LogP contribution < -0.4 is 14.9 Å². The van der Waals surface area contributed by atoms with Crippen molar-refractivity contribution < 1.29 is 14.6 Å². The SMILES string of the molecule is COc1cc(/C=N/Nc2ccc(Br)cc2)cc(I)c1OCCO. The standard InChI is InChI=1S/C16H16BrIN2O3/c1-22-15-9-11(8-14(18)16(15)23-7-6-21)10-19-20-13-4-2-12(17)3-5-13/h2-5,8-10,20-21H,6-7H2,1H3/b19-10+. The van der Waals surface area contributed by atoms with Gasteiger partial charge in [0.25, 0.3) is 0 Å². The largest absolute Gasteiger partial charge is 0.493 e. The molecule has 23 heavy (non-hydrogen) atoms. The number of anilines is 1. The number of nitrogens with one attached hydrogen (secondary N) is 1. The molecule has 2 aromatic rings. The molecule has 7 heteroatoms. The highest BCUT2D eigenvalue weighted by atomic mass is 127. The molecule has 0 unspecified atom stereocenters. The lowest BCUT2D eigenvalue weighted by Crippen LogP contribution is -2.05. The van der Waals surface area contributed by atoms with Crippen LogP contribution in [0.2, 0.25) is 0 Å². The Bertz CT molecular complexity index is 678. The van der Waals surface area contributed by atoms with Gasteiger partial charge in [-0.05, 0) is 64.6 Å². The van der Waals surface area contributed by atoms with Gasteiger partial charge in [0.05, 0.1) is 29.2 Å². The van der Waals surface area contributed by atoms with Crippen molar-refractivity contribution in [2.75, 3.05) is 25.7 Å². The first-order valence-electron chi connectivity index (χ1n) is 6.80. The van der Waals surface area contributed by atoms with Crippen LogP contribution in [0.1, 0.15) is 5.56 Å². The number of aliphatic hydroxyl groups is 1. The molecule has 0 bridgehead atoms. The maximum Gasteiger partial charge on any atom is 0.174 e. The van der Waals surface area contributed by atoms with Crippen LogP contribution in [-0.2, 0) is 0 Å². The summed E-state index contributed by atoms with van der Waals surface area (Å²) in [5.41, 5.74) is 4.75. The Morgan fingerprint density at radius 1 is 1.30 bits per heavy atom. The van der Waals surface area contributed by atoms with Crippen LogP contribution in [0.15, 0.2) is 46.0 Å². The Hall–Kier alpha value is -1.32. The van der Waals surface area contributed by atoms with Gasteiger partial charge in [-0.3, -0.25) is 5.43 Å². The van der Waals surface area contributed by atoms with E-state index in [1.54, 1.807) is 13.3 Å². The van der Waals surface area contributed by atoms with Crippen LogP contribution in [0.3, 0.4) is 0 Å². The second kappa shape index (κ2) is 9.09. The Balaban J connectivity index is 2.11. The summed E-state index contributed by atoms with van der Waals surface area (Å²) in [6.45, 7) is 0.185. The Labute approximate surface area is 157 Å². The second-order valence-electron chi connectivity index (χ2n) is 4.48. The van der Waals surface area contributed by atoms with Gasteiger partial charge < -0.3 is 14.6 Å². The molecule has 122 valence electrons. The minimum atomic E-state index is -0.0421. The van der Waals surface area contributed by atoms with Crippen LogP contribution in [0.5, 0.6) is 11.5 Å². The third-order valence-corrected chi connectivity index (χ3v) is 4.17. The summed E-state index contributed by atoms with van der Waals surface area (Å²) in [4.78, 5) is 0. The van der Waals surface area contributed by atoms with E-state index >= 15 is 0 Å². The molecule has 0 aliphatic heterocycles. The molecule has 2 aromatic carbocycles. The van der Waals surface area contributed by atoms with Gasteiger partial charge in [0, 0.05) is 4.47 Å². The van der Waals surface area contributed by atoms with E-state index < -0.39 is 0 Å². The summed E-state index contributed by atoms with van der Waals surface area (Å²) >= 11 is 5.56. The first-order chi connectivity index (χ1) is 11.1. The Morgan fingerprint density at radius 3 is 2.70 bits per heavy atom. The van der Waals surface area contributed by atoms with Gasteiger partial charge >= 0.3 is 0 Å². The van der Waals surface area contributed by atoms with Crippen LogP contribution in [0, 0.1) is 3.57 Å². The van der Waals surface area contributed by atoms with Crippen LogP contribution in [0.4, 0.5) is 5.69 Å². The molecule has 0 heterocycles. The van der Waals surface area contributed by atoms with Crippen LogP contribution >= 0.6 is 38.5 Å². The van der Waals surface area contributed by atoms with Crippen molar-refractivity contribution in [3.8, 4) is 11.5 Å². The predicted molar refractivity (Wildman–Crippen MR) is 104 cm³/mol. The molecule has 0 aromatic heterocycles. The number of halogens is 2. The number of methoxy groups -OCH3 is 1. The fourth-order valence-corrected chi connectivity index (χ4v) is 2.85. The highest BCUT2D eigenvalue weighted by molar-refractivity contribution is 14.1. The monoisotopic (exact) mass is 490 g/mol. The molecule has 0 saturated carbocycles. The molecule has 0 aliphatic rings. The third kappa shape index (κ3) is 5.36. The molecule has 0 radical (unpaired) electrons. The van der Waals surface area contributed by atoms with E-state index in [2.05, 4.69) is 49.0 Å². The zero-order valence-electron chi connectivity index (χ0n) is 12.4. The normalized spacial score (nSPS) is 10.8. The second-order valence-corrected chi connectivity index (χ2v) is 6.56. The van der Waals surface area contributed by atoms with Crippen LogP contribution in [-0.4, -0.2) is 31.6 Å². The van der Waals surface area contributed by atoms with Gasteiger partial charge in [-0.1, -0.05) is 15.9 Å². The number of hydrogen-bond acceptors (Lipinski definition) is 5. The molecule has 0 atom stereocenters. The number of benzene rings is 2. The van der Waals surface area contributed by atoms with Crippen molar-refractivity contribution in [1.82, 2.24) is 0 Å². The minimum Gasteiger partial charge on any atom is -0.493 e. The molecule has 2 N–H and O–H groups in total. The molecule has 0 fully saturated rings. The lowest BCUT2D eigenvalue weighted by atomic mass is 10.2. The van der Waals surface area contributed by atoms with Crippen molar-refractivity contribution in [3.05, 3.63) is 50.0 Å².